The zero-order chi connectivity index (χ0) is 19.1. The molecular formula is C23H26N4. The highest BCUT2D eigenvalue weighted by Gasteiger charge is 2.21. The van der Waals surface area contributed by atoms with Crippen LogP contribution in [0, 0.1) is 27.7 Å². The van der Waals surface area contributed by atoms with E-state index in [1.807, 2.05) is 6.92 Å². The Hall–Kier alpha value is -2.88. The molecule has 0 unspecified atom stereocenters. The van der Waals surface area contributed by atoms with Gasteiger partial charge in [-0.15, -0.1) is 0 Å². The van der Waals surface area contributed by atoms with Crippen molar-refractivity contribution >= 4 is 22.4 Å². The van der Waals surface area contributed by atoms with Crippen LogP contribution in [0.5, 0.6) is 0 Å². The van der Waals surface area contributed by atoms with Crippen molar-refractivity contribution in [3.05, 3.63) is 59.0 Å². The Bertz CT molecular complexity index is 1130. The van der Waals surface area contributed by atoms with Gasteiger partial charge in [-0.3, -0.25) is 0 Å². The fraction of sp³-hybridized carbons (Fsp3) is 0.304. The second kappa shape index (κ2) is 6.69. The van der Waals surface area contributed by atoms with E-state index in [4.69, 9.17) is 9.97 Å². The highest BCUT2D eigenvalue weighted by molar-refractivity contribution is 6.08. The topological polar surface area (TPSA) is 42.2 Å². The summed E-state index contributed by atoms with van der Waals surface area (Å²) in [5.41, 5.74) is 9.57. The van der Waals surface area contributed by atoms with E-state index >= 15 is 0 Å². The Morgan fingerprint density at radius 3 is 2.41 bits per heavy atom. The monoisotopic (exact) mass is 358 g/mol. The van der Waals surface area contributed by atoms with Crippen LogP contribution in [0.1, 0.15) is 35.9 Å². The molecule has 0 aliphatic heterocycles. The zero-order valence-corrected chi connectivity index (χ0v) is 16.7. The number of pyridine rings is 1. The summed E-state index contributed by atoms with van der Waals surface area (Å²) in [5, 5.41) is 3.50. The number of hydrogen-bond acceptors (Lipinski definition) is 3. The van der Waals surface area contributed by atoms with Gasteiger partial charge >= 0.3 is 0 Å². The molecule has 0 amide bonds. The van der Waals surface area contributed by atoms with Crippen LogP contribution in [0.3, 0.4) is 0 Å². The number of hydrogen-bond donors (Lipinski definition) is 1. The second-order valence-electron chi connectivity index (χ2n) is 7.35. The summed E-state index contributed by atoms with van der Waals surface area (Å²) in [6, 6.07) is 10.8. The normalized spacial score (nSPS) is 11.4. The summed E-state index contributed by atoms with van der Waals surface area (Å²) >= 11 is 0. The minimum absolute atomic E-state index is 0.792. The summed E-state index contributed by atoms with van der Waals surface area (Å²) in [5.74, 6) is 1.70. The van der Waals surface area contributed by atoms with Crippen LogP contribution in [0.25, 0.3) is 27.7 Å². The Labute approximate surface area is 160 Å². The molecule has 0 aliphatic carbocycles. The molecule has 3 heterocycles. The van der Waals surface area contributed by atoms with E-state index in [1.54, 1.807) is 0 Å². The van der Waals surface area contributed by atoms with E-state index < -0.39 is 0 Å². The molecule has 138 valence electrons. The Kier molecular flexibility index (Phi) is 4.34. The molecule has 0 atom stereocenters. The summed E-state index contributed by atoms with van der Waals surface area (Å²) in [6.07, 6.45) is 3.16. The predicted molar refractivity (Wildman–Crippen MR) is 114 cm³/mol. The van der Waals surface area contributed by atoms with Crippen molar-refractivity contribution in [1.29, 1.82) is 0 Å². The SMILES string of the molecule is CCCNc1nc(C)nc2c(-c3c(C)cc(C)cc3C)c3ccccn3c12. The molecule has 27 heavy (non-hydrogen) atoms. The van der Waals surface area contributed by atoms with Crippen LogP contribution in [-0.4, -0.2) is 20.9 Å². The third kappa shape index (κ3) is 2.85. The molecule has 3 aromatic heterocycles. The van der Waals surface area contributed by atoms with Crippen LogP contribution in [0.15, 0.2) is 36.5 Å². The lowest BCUT2D eigenvalue weighted by Crippen LogP contribution is -2.05. The van der Waals surface area contributed by atoms with Gasteiger partial charge in [-0.1, -0.05) is 30.7 Å². The summed E-state index contributed by atoms with van der Waals surface area (Å²) in [4.78, 5) is 9.60. The third-order valence-electron chi connectivity index (χ3n) is 5.06. The Morgan fingerprint density at radius 1 is 0.963 bits per heavy atom. The first-order valence-electron chi connectivity index (χ1n) is 9.60. The Balaban J connectivity index is 2.16. The predicted octanol–water partition coefficient (Wildman–Crippen LogP) is 5.61. The molecule has 0 spiro atoms. The van der Waals surface area contributed by atoms with Gasteiger partial charge in [0.15, 0.2) is 5.82 Å². The number of aromatic nitrogens is 3. The van der Waals surface area contributed by atoms with Crippen LogP contribution in [0.2, 0.25) is 0 Å². The summed E-state index contributed by atoms with van der Waals surface area (Å²) in [7, 11) is 0. The smallest absolute Gasteiger partial charge is 0.154 e. The molecule has 0 bridgehead atoms. The van der Waals surface area contributed by atoms with Crippen LogP contribution < -0.4 is 5.32 Å². The number of nitrogens with one attached hydrogen (secondary N) is 1. The van der Waals surface area contributed by atoms with Crippen molar-refractivity contribution in [2.24, 2.45) is 0 Å². The molecule has 1 N–H and O–H groups in total. The maximum Gasteiger partial charge on any atom is 0.154 e. The van der Waals surface area contributed by atoms with E-state index in [0.29, 0.717) is 0 Å². The standard InChI is InChI=1S/C23H26N4/c1-6-10-24-23-22-21(25-17(5)26-23)20(18-9-7-8-11-27(18)22)19-15(3)12-14(2)13-16(19)4/h7-9,11-13H,6,10H2,1-5H3,(H,24,25,26). The molecule has 0 saturated heterocycles. The van der Waals surface area contributed by atoms with Gasteiger partial charge in [0, 0.05) is 18.3 Å². The van der Waals surface area contributed by atoms with Gasteiger partial charge in [0.2, 0.25) is 0 Å². The number of aryl methyl sites for hydroxylation is 4. The average Bonchev–Trinajstić information content (AvgIpc) is 2.93. The summed E-state index contributed by atoms with van der Waals surface area (Å²) in [6.45, 7) is 11.6. The zero-order valence-electron chi connectivity index (χ0n) is 16.7. The third-order valence-corrected chi connectivity index (χ3v) is 5.06. The van der Waals surface area contributed by atoms with Gasteiger partial charge in [-0.25, -0.2) is 9.97 Å². The molecule has 4 aromatic rings. The van der Waals surface area contributed by atoms with Gasteiger partial charge < -0.3 is 9.72 Å². The van der Waals surface area contributed by atoms with E-state index in [9.17, 15) is 0 Å². The van der Waals surface area contributed by atoms with Crippen molar-refractivity contribution in [1.82, 2.24) is 14.4 Å². The number of benzene rings is 1. The van der Waals surface area contributed by atoms with Crippen molar-refractivity contribution in [2.45, 2.75) is 41.0 Å². The molecular weight excluding hydrogens is 332 g/mol. The largest absolute Gasteiger partial charge is 0.368 e. The summed E-state index contributed by atoms with van der Waals surface area (Å²) < 4.78 is 2.22. The molecule has 1 aromatic carbocycles. The first kappa shape index (κ1) is 17.5. The minimum Gasteiger partial charge on any atom is -0.368 e. The van der Waals surface area contributed by atoms with E-state index in [2.05, 4.69) is 73.9 Å². The quantitative estimate of drug-likeness (QED) is 0.516. The highest BCUT2D eigenvalue weighted by Crippen LogP contribution is 2.40. The maximum atomic E-state index is 4.89. The van der Waals surface area contributed by atoms with Gasteiger partial charge in [0.1, 0.15) is 16.9 Å². The van der Waals surface area contributed by atoms with Crippen molar-refractivity contribution in [2.75, 3.05) is 11.9 Å². The average molecular weight is 358 g/mol. The Morgan fingerprint density at radius 2 is 1.70 bits per heavy atom. The van der Waals surface area contributed by atoms with Crippen molar-refractivity contribution in [3.8, 4) is 11.1 Å². The molecule has 0 saturated carbocycles. The molecule has 4 heteroatoms. The lowest BCUT2D eigenvalue weighted by Gasteiger charge is -2.12. The molecule has 4 nitrogen and oxygen atoms in total. The molecule has 0 fully saturated rings. The second-order valence-corrected chi connectivity index (χ2v) is 7.35. The number of fused-ring (bicyclic) bond motifs is 3. The first-order chi connectivity index (χ1) is 13.0. The van der Waals surface area contributed by atoms with E-state index in [0.717, 1.165) is 35.6 Å². The number of anilines is 1. The lowest BCUT2D eigenvalue weighted by molar-refractivity contribution is 0.960. The highest BCUT2D eigenvalue weighted by atomic mass is 15.1. The van der Waals surface area contributed by atoms with Gasteiger partial charge in [-0.2, -0.15) is 0 Å². The molecule has 4 rings (SSSR count). The minimum atomic E-state index is 0.792. The van der Waals surface area contributed by atoms with Gasteiger partial charge in [0.05, 0.1) is 5.52 Å². The fourth-order valence-corrected chi connectivity index (χ4v) is 4.12. The van der Waals surface area contributed by atoms with E-state index in [-0.39, 0.29) is 0 Å². The lowest BCUT2D eigenvalue weighted by atomic mass is 9.93. The van der Waals surface area contributed by atoms with E-state index in [1.165, 1.54) is 33.3 Å². The molecule has 0 radical (unpaired) electrons. The number of nitrogens with zero attached hydrogens (tertiary/aromatic N) is 3. The van der Waals surface area contributed by atoms with Crippen molar-refractivity contribution < 1.29 is 0 Å². The molecule has 0 aliphatic rings. The first-order valence-corrected chi connectivity index (χ1v) is 9.60. The van der Waals surface area contributed by atoms with Crippen LogP contribution >= 0.6 is 0 Å². The fourth-order valence-electron chi connectivity index (χ4n) is 4.12. The van der Waals surface area contributed by atoms with Crippen LogP contribution in [-0.2, 0) is 0 Å². The maximum absolute atomic E-state index is 4.89. The van der Waals surface area contributed by atoms with Gasteiger partial charge in [-0.05, 0) is 62.9 Å². The van der Waals surface area contributed by atoms with Crippen molar-refractivity contribution in [3.63, 3.8) is 0 Å². The van der Waals surface area contributed by atoms with Gasteiger partial charge in [0.25, 0.3) is 0 Å². The number of rotatable bonds is 4. The van der Waals surface area contributed by atoms with Crippen LogP contribution in [0.4, 0.5) is 5.82 Å².